The molecule has 7 atom stereocenters. The highest BCUT2D eigenvalue weighted by Crippen LogP contribution is 2.44. The van der Waals surface area contributed by atoms with Crippen molar-refractivity contribution in [1.82, 2.24) is 19.4 Å². The number of hydrogen-bond acceptors (Lipinski definition) is 7. The van der Waals surface area contributed by atoms with Crippen LogP contribution in [0.3, 0.4) is 0 Å². The molecule has 1 aromatic carbocycles. The number of fused-ring (bicyclic) bond motifs is 3. The summed E-state index contributed by atoms with van der Waals surface area (Å²) in [6, 6.07) is 9.45. The molecule has 3 heterocycles. The van der Waals surface area contributed by atoms with Gasteiger partial charge in [0.1, 0.15) is 12.3 Å². The molecule has 0 spiro atoms. The van der Waals surface area contributed by atoms with Crippen LogP contribution in [0.4, 0.5) is 0 Å². The molecule has 9 nitrogen and oxygen atoms in total. The van der Waals surface area contributed by atoms with Crippen molar-refractivity contribution in [2.45, 2.75) is 122 Å². The van der Waals surface area contributed by atoms with E-state index in [1.54, 1.807) is 0 Å². The number of piperidine rings is 2. The van der Waals surface area contributed by atoms with Crippen LogP contribution in [-0.2, 0) is 9.63 Å². The number of aromatic nitrogens is 2. The number of oxime groups is 1. The molecule has 2 aliphatic heterocycles. The Morgan fingerprint density at radius 3 is 2.22 bits per heavy atom. The van der Waals surface area contributed by atoms with Crippen molar-refractivity contribution in [2.75, 3.05) is 27.2 Å². The van der Waals surface area contributed by atoms with E-state index in [4.69, 9.17) is 9.82 Å². The number of carboxylic acids is 1. The SMILES string of the molecule is CC1C[C@@H](C)CC(N2[C@@H]3CCC[C@H]2CC(n2c(=O)c(/C(CCC(=O)O)=N/OCCCN(C)C)nc4ccccc42)C3)C[C@@H](C)C1. The lowest BCUT2D eigenvalue weighted by atomic mass is 9.75. The summed E-state index contributed by atoms with van der Waals surface area (Å²) >= 11 is 0. The van der Waals surface area contributed by atoms with Crippen molar-refractivity contribution >= 4 is 22.7 Å². The predicted octanol–water partition coefficient (Wildman–Crippen LogP) is 6.34. The van der Waals surface area contributed by atoms with Gasteiger partial charge in [-0.3, -0.25) is 14.5 Å². The van der Waals surface area contributed by atoms with Gasteiger partial charge in [-0.15, -0.1) is 0 Å². The minimum atomic E-state index is -0.941. The second kappa shape index (κ2) is 15.2. The van der Waals surface area contributed by atoms with Crippen molar-refractivity contribution in [3.05, 3.63) is 40.3 Å². The van der Waals surface area contributed by atoms with Gasteiger partial charge in [0.25, 0.3) is 5.56 Å². The van der Waals surface area contributed by atoms with E-state index in [1.165, 1.54) is 44.9 Å². The molecule has 1 saturated carbocycles. The molecule has 1 aromatic heterocycles. The van der Waals surface area contributed by atoms with Crippen molar-refractivity contribution < 1.29 is 14.7 Å². The van der Waals surface area contributed by atoms with Gasteiger partial charge in [0, 0.05) is 37.1 Å². The Bertz CT molecular complexity index is 1360. The van der Waals surface area contributed by atoms with Crippen LogP contribution >= 0.6 is 0 Å². The van der Waals surface area contributed by atoms with Gasteiger partial charge in [0.15, 0.2) is 5.69 Å². The Hall–Kier alpha value is -2.78. The molecular weight excluding hydrogens is 566 g/mol. The summed E-state index contributed by atoms with van der Waals surface area (Å²) in [5, 5.41) is 13.8. The molecule has 5 rings (SSSR count). The summed E-state index contributed by atoms with van der Waals surface area (Å²) < 4.78 is 1.98. The molecule has 0 amide bonds. The van der Waals surface area contributed by atoms with Crippen LogP contribution < -0.4 is 5.56 Å². The number of benzene rings is 1. The largest absolute Gasteiger partial charge is 0.481 e. The number of hydrogen-bond donors (Lipinski definition) is 1. The average molecular weight is 622 g/mol. The molecule has 248 valence electrons. The van der Waals surface area contributed by atoms with Crippen LogP contribution in [0.25, 0.3) is 11.0 Å². The maximum Gasteiger partial charge on any atom is 0.303 e. The molecule has 2 bridgehead atoms. The first-order chi connectivity index (χ1) is 21.6. The fourth-order valence-electron chi connectivity index (χ4n) is 8.83. The zero-order valence-electron chi connectivity index (χ0n) is 28.2. The van der Waals surface area contributed by atoms with Crippen LogP contribution in [0.15, 0.2) is 34.2 Å². The van der Waals surface area contributed by atoms with Crippen molar-refractivity contribution in [2.24, 2.45) is 22.9 Å². The number of para-hydroxylation sites is 2. The zero-order chi connectivity index (χ0) is 32.1. The van der Waals surface area contributed by atoms with Gasteiger partial charge in [-0.1, -0.05) is 44.5 Å². The molecule has 1 N–H and O–H groups in total. The van der Waals surface area contributed by atoms with Gasteiger partial charge in [0.05, 0.1) is 17.5 Å². The third kappa shape index (κ3) is 8.33. The average Bonchev–Trinajstić information content (AvgIpc) is 2.96. The number of rotatable bonds is 11. The molecule has 0 radical (unpaired) electrons. The first-order valence-corrected chi connectivity index (χ1v) is 17.4. The minimum Gasteiger partial charge on any atom is -0.481 e. The number of carboxylic acid groups (broad SMARTS) is 1. The standard InChI is InChI=1S/C36H55N5O4/c1-24-18-25(2)20-29(21-26(3)19-24)40-27-10-8-11-28(40)23-30(22-27)41-33-13-7-6-12-31(33)37-35(36(41)44)32(14-15-34(42)43)38-45-17-9-16-39(4)5/h6-7,12-13,24-30H,8-11,14-23H2,1-5H3,(H,42,43)/b38-32+/t24?,25-,26+,27-,28+,29?,30?. The second-order valence-electron chi connectivity index (χ2n) is 14.8. The lowest BCUT2D eigenvalue weighted by Crippen LogP contribution is -2.58. The van der Waals surface area contributed by atoms with Crippen LogP contribution in [0.5, 0.6) is 0 Å². The maximum absolute atomic E-state index is 14.4. The minimum absolute atomic E-state index is 0.0564. The van der Waals surface area contributed by atoms with Gasteiger partial charge in [-0.25, -0.2) is 4.98 Å². The fourth-order valence-corrected chi connectivity index (χ4v) is 8.83. The molecular formula is C36H55N5O4. The Morgan fingerprint density at radius 2 is 1.58 bits per heavy atom. The van der Waals surface area contributed by atoms with E-state index in [9.17, 15) is 14.7 Å². The van der Waals surface area contributed by atoms with Gasteiger partial charge >= 0.3 is 5.97 Å². The van der Waals surface area contributed by atoms with E-state index in [0.717, 1.165) is 54.6 Å². The topological polar surface area (TPSA) is 100 Å². The summed E-state index contributed by atoms with van der Waals surface area (Å²) in [6.07, 6.45) is 11.4. The zero-order valence-corrected chi connectivity index (χ0v) is 28.2. The molecule has 3 unspecified atom stereocenters. The lowest BCUT2D eigenvalue weighted by molar-refractivity contribution is -0.136. The fraction of sp³-hybridized carbons (Fsp3) is 0.722. The van der Waals surface area contributed by atoms with Gasteiger partial charge < -0.3 is 19.4 Å². The summed E-state index contributed by atoms with van der Waals surface area (Å²) in [5.74, 6) is 1.33. The van der Waals surface area contributed by atoms with Crippen LogP contribution in [0.2, 0.25) is 0 Å². The van der Waals surface area contributed by atoms with E-state index < -0.39 is 5.97 Å². The highest BCUT2D eigenvalue weighted by molar-refractivity contribution is 6.00. The van der Waals surface area contributed by atoms with Crippen LogP contribution in [0.1, 0.15) is 110 Å². The lowest BCUT2D eigenvalue weighted by Gasteiger charge is -2.54. The van der Waals surface area contributed by atoms with Crippen LogP contribution in [0, 0.1) is 17.8 Å². The van der Waals surface area contributed by atoms with Crippen molar-refractivity contribution in [1.29, 1.82) is 0 Å². The summed E-state index contributed by atoms with van der Waals surface area (Å²) in [4.78, 5) is 41.4. The van der Waals surface area contributed by atoms with E-state index in [2.05, 4.69) is 35.7 Å². The molecule has 1 aliphatic carbocycles. The summed E-state index contributed by atoms with van der Waals surface area (Å²) in [6.45, 7) is 8.55. The molecule has 3 aliphatic rings. The third-order valence-electron chi connectivity index (χ3n) is 10.4. The van der Waals surface area contributed by atoms with Gasteiger partial charge in [-0.2, -0.15) is 0 Å². The second-order valence-corrected chi connectivity index (χ2v) is 14.8. The Kier molecular flexibility index (Phi) is 11.3. The molecule has 2 saturated heterocycles. The molecule has 3 fully saturated rings. The first kappa shape index (κ1) is 33.6. The number of carbonyl (C=O) groups is 1. The molecule has 45 heavy (non-hydrogen) atoms. The number of aliphatic carboxylic acids is 1. The van der Waals surface area contributed by atoms with Crippen molar-refractivity contribution in [3.63, 3.8) is 0 Å². The quantitative estimate of drug-likeness (QED) is 0.178. The van der Waals surface area contributed by atoms with E-state index in [1.807, 2.05) is 42.9 Å². The molecule has 9 heteroatoms. The summed E-state index contributed by atoms with van der Waals surface area (Å²) in [7, 11) is 4.00. The summed E-state index contributed by atoms with van der Waals surface area (Å²) in [5.41, 5.74) is 1.91. The van der Waals surface area contributed by atoms with E-state index in [0.29, 0.717) is 30.4 Å². The van der Waals surface area contributed by atoms with E-state index in [-0.39, 0.29) is 30.1 Å². The molecule has 2 aromatic rings. The van der Waals surface area contributed by atoms with Crippen molar-refractivity contribution in [3.8, 4) is 0 Å². The maximum atomic E-state index is 14.4. The van der Waals surface area contributed by atoms with Crippen LogP contribution in [-0.4, -0.2) is 81.5 Å². The van der Waals surface area contributed by atoms with E-state index >= 15 is 0 Å². The van der Waals surface area contributed by atoms with Gasteiger partial charge in [-0.05, 0) is 102 Å². The smallest absolute Gasteiger partial charge is 0.303 e. The third-order valence-corrected chi connectivity index (χ3v) is 10.4. The Morgan fingerprint density at radius 1 is 0.933 bits per heavy atom. The highest BCUT2D eigenvalue weighted by Gasteiger charge is 2.43. The Labute approximate surface area is 269 Å². The highest BCUT2D eigenvalue weighted by atomic mass is 16.6. The first-order valence-electron chi connectivity index (χ1n) is 17.4. The Balaban J connectivity index is 1.47. The normalized spacial score (nSPS) is 29.8. The number of nitrogens with zero attached hydrogens (tertiary/aromatic N) is 5. The van der Waals surface area contributed by atoms with Gasteiger partial charge in [0.2, 0.25) is 0 Å². The predicted molar refractivity (Wildman–Crippen MR) is 180 cm³/mol. The monoisotopic (exact) mass is 621 g/mol.